The van der Waals surface area contributed by atoms with E-state index >= 15 is 0 Å². The van der Waals surface area contributed by atoms with Crippen LogP contribution in [0.3, 0.4) is 0 Å². The minimum absolute atomic E-state index is 0.0293. The van der Waals surface area contributed by atoms with E-state index < -0.39 is 0 Å². The fraction of sp³-hybridized carbons (Fsp3) is 0.250. The molecule has 1 N–H and O–H groups in total. The molecule has 0 aromatic heterocycles. The molecule has 0 saturated heterocycles. The van der Waals surface area contributed by atoms with E-state index in [4.69, 9.17) is 21.1 Å². The van der Waals surface area contributed by atoms with Gasteiger partial charge >= 0.3 is 0 Å². The monoisotopic (exact) mass is 291 g/mol. The highest BCUT2D eigenvalue weighted by Crippen LogP contribution is 2.37. The number of rotatable bonds is 5. The Hall–Kier alpha value is -1.71. The van der Waals surface area contributed by atoms with Crippen molar-refractivity contribution in [3.05, 3.63) is 58.6 Å². The van der Waals surface area contributed by atoms with Gasteiger partial charge in [-0.3, -0.25) is 0 Å². The summed E-state index contributed by atoms with van der Waals surface area (Å²) in [5.41, 5.74) is 2.07. The van der Waals surface area contributed by atoms with Gasteiger partial charge in [-0.25, -0.2) is 0 Å². The number of methoxy groups -OCH3 is 2. The van der Waals surface area contributed by atoms with Gasteiger partial charge in [0.05, 0.1) is 25.8 Å². The predicted octanol–water partition coefficient (Wildman–Crippen LogP) is 3.67. The van der Waals surface area contributed by atoms with Crippen LogP contribution in [-0.4, -0.2) is 21.3 Å². The summed E-state index contributed by atoms with van der Waals surface area (Å²) in [6, 6.07) is 13.5. The smallest absolute Gasteiger partial charge is 0.127 e. The molecule has 0 amide bonds. The fourth-order valence-corrected chi connectivity index (χ4v) is 2.42. The molecule has 0 spiro atoms. The summed E-state index contributed by atoms with van der Waals surface area (Å²) < 4.78 is 10.9. The Labute approximate surface area is 124 Å². The SMILES string of the molecule is CNC(c1ccc(Cl)cc1)c1c(OC)cccc1OC. The highest BCUT2D eigenvalue weighted by Gasteiger charge is 2.21. The maximum Gasteiger partial charge on any atom is 0.127 e. The van der Waals surface area contributed by atoms with E-state index in [0.717, 1.165) is 27.6 Å². The van der Waals surface area contributed by atoms with Gasteiger partial charge in [0.2, 0.25) is 0 Å². The third-order valence-corrected chi connectivity index (χ3v) is 3.50. The zero-order chi connectivity index (χ0) is 14.5. The van der Waals surface area contributed by atoms with Crippen LogP contribution in [0.15, 0.2) is 42.5 Å². The van der Waals surface area contributed by atoms with E-state index in [0.29, 0.717) is 0 Å². The van der Waals surface area contributed by atoms with E-state index in [2.05, 4.69) is 5.32 Å². The lowest BCUT2D eigenvalue weighted by Gasteiger charge is -2.22. The largest absolute Gasteiger partial charge is 0.496 e. The van der Waals surface area contributed by atoms with Gasteiger partial charge in [0.1, 0.15) is 11.5 Å². The number of hydrogen-bond donors (Lipinski definition) is 1. The summed E-state index contributed by atoms with van der Waals surface area (Å²) in [4.78, 5) is 0. The number of hydrogen-bond acceptors (Lipinski definition) is 3. The minimum Gasteiger partial charge on any atom is -0.496 e. The molecule has 0 heterocycles. The van der Waals surface area contributed by atoms with Crippen LogP contribution in [0.1, 0.15) is 17.2 Å². The molecule has 20 heavy (non-hydrogen) atoms. The zero-order valence-corrected chi connectivity index (χ0v) is 12.6. The highest BCUT2D eigenvalue weighted by molar-refractivity contribution is 6.30. The zero-order valence-electron chi connectivity index (χ0n) is 11.8. The second kappa shape index (κ2) is 6.64. The lowest BCUT2D eigenvalue weighted by atomic mass is 9.97. The van der Waals surface area contributed by atoms with Gasteiger partial charge in [-0.2, -0.15) is 0 Å². The van der Waals surface area contributed by atoms with E-state index in [1.165, 1.54) is 0 Å². The van der Waals surface area contributed by atoms with Crippen molar-refractivity contribution >= 4 is 11.6 Å². The molecule has 2 aromatic carbocycles. The van der Waals surface area contributed by atoms with Crippen molar-refractivity contribution in [2.45, 2.75) is 6.04 Å². The second-order valence-corrected chi connectivity index (χ2v) is 4.79. The maximum absolute atomic E-state index is 5.95. The number of nitrogens with one attached hydrogen (secondary N) is 1. The summed E-state index contributed by atoms with van der Waals surface area (Å²) in [5.74, 6) is 1.58. The fourth-order valence-electron chi connectivity index (χ4n) is 2.30. The Morgan fingerprint density at radius 3 is 1.95 bits per heavy atom. The number of ether oxygens (including phenoxy) is 2. The Bertz CT molecular complexity index is 547. The summed E-state index contributed by atoms with van der Waals surface area (Å²) in [6.07, 6.45) is 0. The van der Waals surface area contributed by atoms with Gasteiger partial charge in [0, 0.05) is 5.02 Å². The van der Waals surface area contributed by atoms with Crippen LogP contribution in [0, 0.1) is 0 Å². The molecule has 0 bridgehead atoms. The molecule has 0 aliphatic rings. The van der Waals surface area contributed by atoms with Crippen molar-refractivity contribution in [3.8, 4) is 11.5 Å². The van der Waals surface area contributed by atoms with Crippen LogP contribution in [0.2, 0.25) is 5.02 Å². The van der Waals surface area contributed by atoms with Gasteiger partial charge in [-0.05, 0) is 36.9 Å². The molecule has 0 aliphatic carbocycles. The Morgan fingerprint density at radius 2 is 1.50 bits per heavy atom. The van der Waals surface area contributed by atoms with Crippen molar-refractivity contribution in [2.75, 3.05) is 21.3 Å². The summed E-state index contributed by atoms with van der Waals surface area (Å²) in [6.45, 7) is 0. The lowest BCUT2D eigenvalue weighted by Crippen LogP contribution is -2.19. The third-order valence-electron chi connectivity index (χ3n) is 3.25. The van der Waals surface area contributed by atoms with Gasteiger partial charge in [0.25, 0.3) is 0 Å². The topological polar surface area (TPSA) is 30.5 Å². The third kappa shape index (κ3) is 2.89. The van der Waals surface area contributed by atoms with Crippen molar-refractivity contribution in [1.82, 2.24) is 5.32 Å². The van der Waals surface area contributed by atoms with E-state index in [-0.39, 0.29) is 6.04 Å². The molecule has 0 saturated carbocycles. The van der Waals surface area contributed by atoms with E-state index in [9.17, 15) is 0 Å². The normalized spacial score (nSPS) is 12.0. The molecule has 0 aliphatic heterocycles. The Balaban J connectivity index is 2.53. The summed E-state index contributed by atoms with van der Waals surface area (Å²) in [5, 5.41) is 4.02. The van der Waals surface area contributed by atoms with Crippen LogP contribution in [0.4, 0.5) is 0 Å². The Kier molecular flexibility index (Phi) is 4.88. The molecule has 1 atom stereocenters. The first kappa shape index (κ1) is 14.7. The van der Waals surface area contributed by atoms with Gasteiger partial charge in [0.15, 0.2) is 0 Å². The second-order valence-electron chi connectivity index (χ2n) is 4.35. The molecule has 0 radical (unpaired) electrons. The summed E-state index contributed by atoms with van der Waals surface area (Å²) >= 11 is 5.95. The van der Waals surface area contributed by atoms with E-state index in [1.807, 2.05) is 49.5 Å². The summed E-state index contributed by atoms with van der Waals surface area (Å²) in [7, 11) is 5.23. The average molecular weight is 292 g/mol. The van der Waals surface area contributed by atoms with Crippen LogP contribution in [-0.2, 0) is 0 Å². The van der Waals surface area contributed by atoms with Crippen molar-refractivity contribution in [2.24, 2.45) is 0 Å². The quantitative estimate of drug-likeness (QED) is 0.912. The molecule has 4 heteroatoms. The van der Waals surface area contributed by atoms with E-state index in [1.54, 1.807) is 14.2 Å². The maximum atomic E-state index is 5.95. The molecule has 3 nitrogen and oxygen atoms in total. The molecule has 2 aromatic rings. The average Bonchev–Trinajstić information content (AvgIpc) is 2.49. The van der Waals surface area contributed by atoms with Crippen molar-refractivity contribution in [3.63, 3.8) is 0 Å². The Morgan fingerprint density at radius 1 is 0.950 bits per heavy atom. The van der Waals surface area contributed by atoms with Gasteiger partial charge < -0.3 is 14.8 Å². The number of halogens is 1. The van der Waals surface area contributed by atoms with Crippen LogP contribution in [0.5, 0.6) is 11.5 Å². The molecule has 0 fully saturated rings. The van der Waals surface area contributed by atoms with Crippen LogP contribution >= 0.6 is 11.6 Å². The van der Waals surface area contributed by atoms with Crippen LogP contribution in [0.25, 0.3) is 0 Å². The first-order valence-electron chi connectivity index (χ1n) is 6.35. The van der Waals surface area contributed by atoms with Crippen molar-refractivity contribution < 1.29 is 9.47 Å². The molecule has 1 unspecified atom stereocenters. The standard InChI is InChI=1S/C16H18ClNO2/c1-18-16(11-7-9-12(17)10-8-11)15-13(19-2)5-4-6-14(15)20-3/h4-10,16,18H,1-3H3. The first-order valence-corrected chi connectivity index (χ1v) is 6.72. The van der Waals surface area contributed by atoms with Crippen molar-refractivity contribution in [1.29, 1.82) is 0 Å². The molecular weight excluding hydrogens is 274 g/mol. The molecular formula is C16H18ClNO2. The number of benzene rings is 2. The van der Waals surface area contributed by atoms with Gasteiger partial charge in [-0.1, -0.05) is 29.8 Å². The predicted molar refractivity (Wildman–Crippen MR) is 81.9 cm³/mol. The van der Waals surface area contributed by atoms with Gasteiger partial charge in [-0.15, -0.1) is 0 Å². The minimum atomic E-state index is -0.0293. The lowest BCUT2D eigenvalue weighted by molar-refractivity contribution is 0.379. The first-order chi connectivity index (χ1) is 9.71. The van der Waals surface area contributed by atoms with Crippen LogP contribution < -0.4 is 14.8 Å². The molecule has 2 rings (SSSR count). The molecule has 106 valence electrons. The highest BCUT2D eigenvalue weighted by atomic mass is 35.5.